The Morgan fingerprint density at radius 1 is 1.37 bits per heavy atom. The first-order valence-corrected chi connectivity index (χ1v) is 6.12. The third-order valence-corrected chi connectivity index (χ3v) is 2.29. The summed E-state index contributed by atoms with van der Waals surface area (Å²) >= 11 is 0. The van der Waals surface area contributed by atoms with Crippen molar-refractivity contribution in [1.29, 1.82) is 0 Å². The van der Waals surface area contributed by atoms with Crippen LogP contribution in [0.4, 0.5) is 4.79 Å². The van der Waals surface area contributed by atoms with Crippen LogP contribution in [0.2, 0.25) is 0 Å². The molecule has 0 aliphatic rings. The molecule has 0 heterocycles. The zero-order valence-corrected chi connectivity index (χ0v) is 11.5. The van der Waals surface area contributed by atoms with Crippen molar-refractivity contribution in [3.05, 3.63) is 35.4 Å². The van der Waals surface area contributed by atoms with Gasteiger partial charge in [0.2, 0.25) is 0 Å². The number of ether oxygens (including phenoxy) is 1. The van der Waals surface area contributed by atoms with Crippen molar-refractivity contribution in [3.8, 4) is 0 Å². The van der Waals surface area contributed by atoms with Crippen molar-refractivity contribution in [2.24, 2.45) is 5.16 Å². The fraction of sp³-hybridized carbons (Fsp3) is 0.429. The molecular formula is C14H20N2O3. The molecule has 5 nitrogen and oxygen atoms in total. The zero-order chi connectivity index (χ0) is 14.3. The number of carbonyl (C=O) groups excluding carboxylic acids is 1. The van der Waals surface area contributed by atoms with Crippen molar-refractivity contribution in [3.63, 3.8) is 0 Å². The quantitative estimate of drug-likeness (QED) is 0.499. The Labute approximate surface area is 113 Å². The monoisotopic (exact) mass is 264 g/mol. The molecule has 0 unspecified atom stereocenters. The van der Waals surface area contributed by atoms with Gasteiger partial charge in [-0.15, -0.1) is 0 Å². The van der Waals surface area contributed by atoms with E-state index in [9.17, 15) is 4.79 Å². The molecule has 0 aliphatic heterocycles. The summed E-state index contributed by atoms with van der Waals surface area (Å²) in [5.74, 6) is 0. The second-order valence-corrected chi connectivity index (χ2v) is 5.25. The summed E-state index contributed by atoms with van der Waals surface area (Å²) in [6.07, 6.45) is 1.60. The number of alkyl carbamates (subject to hydrolysis) is 1. The van der Waals surface area contributed by atoms with E-state index in [0.717, 1.165) is 11.1 Å². The van der Waals surface area contributed by atoms with Crippen molar-refractivity contribution in [1.82, 2.24) is 5.32 Å². The van der Waals surface area contributed by atoms with Gasteiger partial charge in [0.05, 0.1) is 12.8 Å². The van der Waals surface area contributed by atoms with E-state index in [1.54, 1.807) is 0 Å². The molecule has 1 aromatic carbocycles. The summed E-state index contributed by atoms with van der Waals surface area (Å²) in [6, 6.07) is 7.48. The molecule has 0 radical (unpaired) electrons. The Kier molecular flexibility index (Phi) is 5.36. The highest BCUT2D eigenvalue weighted by Crippen LogP contribution is 2.04. The molecule has 0 aliphatic carbocycles. The summed E-state index contributed by atoms with van der Waals surface area (Å²) in [6.45, 7) is 6.02. The van der Waals surface area contributed by atoms with Gasteiger partial charge >= 0.3 is 6.09 Å². The number of carbonyl (C=O) groups is 1. The SMILES string of the molecule is CC(C)(C)NC(=O)OCCc1ccc(C=NO)cc1. The smallest absolute Gasteiger partial charge is 0.407 e. The van der Waals surface area contributed by atoms with Gasteiger partial charge in [-0.3, -0.25) is 0 Å². The van der Waals surface area contributed by atoms with Crippen LogP contribution in [0.3, 0.4) is 0 Å². The van der Waals surface area contributed by atoms with Crippen LogP contribution in [0.25, 0.3) is 0 Å². The third kappa shape index (κ3) is 6.45. The van der Waals surface area contributed by atoms with Crippen LogP contribution in [0.15, 0.2) is 29.4 Å². The Hall–Kier alpha value is -2.04. The standard InChI is InChI=1S/C14H20N2O3/c1-14(2,3)16-13(17)19-9-8-11-4-6-12(7-5-11)10-15-18/h4-7,10,18H,8-9H2,1-3H3,(H,16,17). The van der Waals surface area contributed by atoms with Gasteiger partial charge in [0.15, 0.2) is 0 Å². The second-order valence-electron chi connectivity index (χ2n) is 5.25. The van der Waals surface area contributed by atoms with Crippen molar-refractivity contribution >= 4 is 12.3 Å². The van der Waals surface area contributed by atoms with Crippen LogP contribution in [-0.4, -0.2) is 29.7 Å². The maximum Gasteiger partial charge on any atom is 0.407 e. The van der Waals surface area contributed by atoms with Crippen LogP contribution >= 0.6 is 0 Å². The molecule has 1 rings (SSSR count). The number of amides is 1. The second kappa shape index (κ2) is 6.78. The molecule has 5 heteroatoms. The molecule has 1 amide bonds. The molecule has 1 aromatic rings. The van der Waals surface area contributed by atoms with Gasteiger partial charge in [-0.25, -0.2) is 4.79 Å². The van der Waals surface area contributed by atoms with Gasteiger partial charge < -0.3 is 15.3 Å². The number of nitrogens with zero attached hydrogens (tertiary/aromatic N) is 1. The van der Waals surface area contributed by atoms with Crippen LogP contribution in [0, 0.1) is 0 Å². The summed E-state index contributed by atoms with van der Waals surface area (Å²) in [4.78, 5) is 11.4. The van der Waals surface area contributed by atoms with Gasteiger partial charge in [0.25, 0.3) is 0 Å². The fourth-order valence-electron chi connectivity index (χ4n) is 1.44. The van der Waals surface area contributed by atoms with Gasteiger partial charge in [0, 0.05) is 12.0 Å². The molecule has 2 N–H and O–H groups in total. The third-order valence-electron chi connectivity index (χ3n) is 2.29. The number of benzene rings is 1. The lowest BCUT2D eigenvalue weighted by atomic mass is 10.1. The predicted octanol–water partition coefficient (Wildman–Crippen LogP) is 2.56. The summed E-state index contributed by atoms with van der Waals surface area (Å²) in [7, 11) is 0. The van der Waals surface area contributed by atoms with Gasteiger partial charge in [-0.1, -0.05) is 29.4 Å². The first kappa shape index (κ1) is 15.0. The first-order chi connectivity index (χ1) is 8.90. The van der Waals surface area contributed by atoms with E-state index in [-0.39, 0.29) is 5.54 Å². The number of hydrogen-bond donors (Lipinski definition) is 2. The largest absolute Gasteiger partial charge is 0.449 e. The highest BCUT2D eigenvalue weighted by molar-refractivity contribution is 5.78. The molecule has 0 saturated carbocycles. The molecule has 104 valence electrons. The number of hydrogen-bond acceptors (Lipinski definition) is 4. The van der Waals surface area contributed by atoms with E-state index in [0.29, 0.717) is 13.0 Å². The minimum atomic E-state index is -0.406. The van der Waals surface area contributed by atoms with Gasteiger partial charge in [0.1, 0.15) is 0 Å². The molecular weight excluding hydrogens is 244 g/mol. The van der Waals surface area contributed by atoms with E-state index in [1.807, 2.05) is 45.0 Å². The average molecular weight is 264 g/mol. The van der Waals surface area contributed by atoms with E-state index >= 15 is 0 Å². The van der Waals surface area contributed by atoms with Crippen LogP contribution in [0.1, 0.15) is 31.9 Å². The normalized spacial score (nSPS) is 11.5. The Morgan fingerprint density at radius 2 is 2.00 bits per heavy atom. The molecule has 0 bridgehead atoms. The number of rotatable bonds is 4. The lowest BCUT2D eigenvalue weighted by molar-refractivity contribution is 0.139. The predicted molar refractivity (Wildman–Crippen MR) is 73.8 cm³/mol. The van der Waals surface area contributed by atoms with Crippen molar-refractivity contribution in [2.75, 3.05) is 6.61 Å². The average Bonchev–Trinajstić information content (AvgIpc) is 2.29. The van der Waals surface area contributed by atoms with Gasteiger partial charge in [-0.05, 0) is 31.9 Å². The fourth-order valence-corrected chi connectivity index (χ4v) is 1.44. The molecule has 0 atom stereocenters. The van der Waals surface area contributed by atoms with E-state index in [1.165, 1.54) is 6.21 Å². The summed E-state index contributed by atoms with van der Waals surface area (Å²) < 4.78 is 5.08. The van der Waals surface area contributed by atoms with Gasteiger partial charge in [-0.2, -0.15) is 0 Å². The Balaban J connectivity index is 2.35. The van der Waals surface area contributed by atoms with Crippen LogP contribution in [0.5, 0.6) is 0 Å². The van der Waals surface area contributed by atoms with Crippen LogP contribution in [-0.2, 0) is 11.2 Å². The first-order valence-electron chi connectivity index (χ1n) is 6.12. The van der Waals surface area contributed by atoms with E-state index in [2.05, 4.69) is 10.5 Å². The van der Waals surface area contributed by atoms with E-state index in [4.69, 9.17) is 9.94 Å². The van der Waals surface area contributed by atoms with E-state index < -0.39 is 6.09 Å². The molecule has 0 saturated heterocycles. The highest BCUT2D eigenvalue weighted by Gasteiger charge is 2.14. The van der Waals surface area contributed by atoms with Crippen molar-refractivity contribution < 1.29 is 14.7 Å². The number of nitrogens with one attached hydrogen (secondary N) is 1. The Morgan fingerprint density at radius 3 is 2.53 bits per heavy atom. The summed E-state index contributed by atoms with van der Waals surface area (Å²) in [5, 5.41) is 14.1. The maximum atomic E-state index is 11.4. The number of oxime groups is 1. The minimum absolute atomic E-state index is 0.289. The molecule has 0 spiro atoms. The topological polar surface area (TPSA) is 70.9 Å². The maximum absolute atomic E-state index is 11.4. The zero-order valence-electron chi connectivity index (χ0n) is 11.5. The Bertz CT molecular complexity index is 433. The summed E-state index contributed by atoms with van der Waals surface area (Å²) in [5.41, 5.74) is 1.58. The molecule has 0 fully saturated rings. The highest BCUT2D eigenvalue weighted by atomic mass is 16.5. The van der Waals surface area contributed by atoms with Crippen LogP contribution < -0.4 is 5.32 Å². The van der Waals surface area contributed by atoms with Crippen molar-refractivity contribution in [2.45, 2.75) is 32.7 Å². The molecule has 19 heavy (non-hydrogen) atoms. The lowest BCUT2D eigenvalue weighted by Gasteiger charge is -2.19. The molecule has 0 aromatic heterocycles. The lowest BCUT2D eigenvalue weighted by Crippen LogP contribution is -2.41. The minimum Gasteiger partial charge on any atom is -0.449 e.